The number of rotatable bonds is 2. The Morgan fingerprint density at radius 1 is 1.00 bits per heavy atom. The monoisotopic (exact) mass is 299 g/mol. The van der Waals surface area contributed by atoms with Crippen LogP contribution < -0.4 is 5.32 Å². The highest BCUT2D eigenvalue weighted by Crippen LogP contribution is 2.46. The van der Waals surface area contributed by atoms with Gasteiger partial charge in [-0.15, -0.1) is 0 Å². The number of hydroxylamine groups is 4. The lowest BCUT2D eigenvalue weighted by molar-refractivity contribution is -0.224. The van der Waals surface area contributed by atoms with Gasteiger partial charge in [-0.1, -0.05) is 19.6 Å². The topological polar surface area (TPSA) is 88.5 Å². The summed E-state index contributed by atoms with van der Waals surface area (Å²) in [6.45, 7) is 14.0. The third-order valence-corrected chi connectivity index (χ3v) is 6.42. The van der Waals surface area contributed by atoms with Gasteiger partial charge in [-0.2, -0.15) is 25.5 Å². The van der Waals surface area contributed by atoms with Gasteiger partial charge in [0.25, 0.3) is 0 Å². The molecule has 0 aliphatic carbocycles. The van der Waals surface area contributed by atoms with Crippen LogP contribution in [0.5, 0.6) is 0 Å². The molecule has 8 heteroatoms. The average molecular weight is 299 g/mol. The maximum Gasteiger partial charge on any atom is 0.156 e. The van der Waals surface area contributed by atoms with Gasteiger partial charge in [-0.25, -0.2) is 0 Å². The molecule has 1 aromatic rings. The van der Waals surface area contributed by atoms with Crippen molar-refractivity contribution >= 4 is 13.4 Å². The van der Waals surface area contributed by atoms with Crippen LogP contribution in [0.1, 0.15) is 39.6 Å². The van der Waals surface area contributed by atoms with Crippen LogP contribution in [0.25, 0.3) is 0 Å². The molecule has 1 fully saturated rings. The standard InChI is InChI=1S/C12H25N5O2Si/c1-11(2)12(3,4)17(19)10(16(11)18)8-9(14-15-13-8)20(5,6)7/h10,18-19H,1-7H3,(H,13,14,15). The van der Waals surface area contributed by atoms with Crippen LogP contribution in [0.4, 0.5) is 0 Å². The Morgan fingerprint density at radius 2 is 1.45 bits per heavy atom. The van der Waals surface area contributed by atoms with Crippen LogP contribution in [-0.4, -0.2) is 55.1 Å². The molecule has 0 aromatic carbocycles. The predicted octanol–water partition coefficient (Wildman–Crippen LogP) is 1.30. The van der Waals surface area contributed by atoms with Gasteiger partial charge < -0.3 is 10.4 Å². The van der Waals surface area contributed by atoms with Gasteiger partial charge in [0.2, 0.25) is 0 Å². The Bertz CT molecular complexity index is 488. The first-order valence-corrected chi connectivity index (χ1v) is 10.3. The maximum atomic E-state index is 10.6. The van der Waals surface area contributed by atoms with Crippen molar-refractivity contribution in [1.82, 2.24) is 25.5 Å². The number of hydrogen-bond acceptors (Lipinski definition) is 6. The number of nitrogens with zero attached hydrogens (tertiary/aromatic N) is 4. The molecule has 0 radical (unpaired) electrons. The molecule has 1 aliphatic heterocycles. The van der Waals surface area contributed by atoms with Crippen molar-refractivity contribution in [3.63, 3.8) is 0 Å². The van der Waals surface area contributed by atoms with E-state index in [0.717, 1.165) is 5.32 Å². The second-order valence-electron chi connectivity index (χ2n) is 7.49. The lowest BCUT2D eigenvalue weighted by Crippen LogP contribution is -2.52. The largest absolute Gasteiger partial charge is 0.311 e. The van der Waals surface area contributed by atoms with Crippen molar-refractivity contribution in [1.29, 1.82) is 0 Å². The zero-order valence-electron chi connectivity index (χ0n) is 13.3. The Morgan fingerprint density at radius 3 is 1.85 bits per heavy atom. The highest BCUT2D eigenvalue weighted by atomic mass is 28.3. The van der Waals surface area contributed by atoms with Gasteiger partial charge in [0.1, 0.15) is 13.8 Å². The van der Waals surface area contributed by atoms with Gasteiger partial charge in [-0.3, -0.25) is 0 Å². The van der Waals surface area contributed by atoms with E-state index >= 15 is 0 Å². The molecule has 3 N–H and O–H groups in total. The number of H-pyrrole nitrogens is 1. The summed E-state index contributed by atoms with van der Waals surface area (Å²) < 4.78 is 0. The minimum Gasteiger partial charge on any atom is -0.311 e. The molecule has 0 amide bonds. The summed E-state index contributed by atoms with van der Waals surface area (Å²) in [5.41, 5.74) is -0.641. The Labute approximate surface area is 120 Å². The quantitative estimate of drug-likeness (QED) is 0.713. The third-order valence-electron chi connectivity index (χ3n) is 4.64. The molecular weight excluding hydrogens is 274 g/mol. The summed E-state index contributed by atoms with van der Waals surface area (Å²) in [4.78, 5) is 0. The highest BCUT2D eigenvalue weighted by molar-refractivity contribution is 6.88. The second-order valence-corrected chi connectivity index (χ2v) is 12.5. The fourth-order valence-electron chi connectivity index (χ4n) is 2.48. The first-order chi connectivity index (χ1) is 8.92. The minimum atomic E-state index is -1.73. The van der Waals surface area contributed by atoms with Gasteiger partial charge in [0.15, 0.2) is 6.17 Å². The second kappa shape index (κ2) is 4.34. The summed E-state index contributed by atoms with van der Waals surface area (Å²) in [5, 5.41) is 35.4. The van der Waals surface area contributed by atoms with Crippen molar-refractivity contribution in [3.05, 3.63) is 5.69 Å². The molecule has 2 rings (SSSR count). The number of nitrogens with one attached hydrogen (secondary N) is 1. The molecule has 20 heavy (non-hydrogen) atoms. The van der Waals surface area contributed by atoms with Crippen molar-refractivity contribution < 1.29 is 10.4 Å². The van der Waals surface area contributed by atoms with Crippen LogP contribution in [0.3, 0.4) is 0 Å². The highest BCUT2D eigenvalue weighted by Gasteiger charge is 2.59. The van der Waals surface area contributed by atoms with Crippen LogP contribution in [0.15, 0.2) is 0 Å². The van der Waals surface area contributed by atoms with Crippen LogP contribution in [0.2, 0.25) is 19.6 Å². The van der Waals surface area contributed by atoms with Crippen LogP contribution in [-0.2, 0) is 0 Å². The lowest BCUT2D eigenvalue weighted by atomic mass is 9.84. The number of aromatic amines is 1. The van der Waals surface area contributed by atoms with Gasteiger partial charge in [0, 0.05) is 0 Å². The predicted molar refractivity (Wildman–Crippen MR) is 77.5 cm³/mol. The molecule has 7 nitrogen and oxygen atoms in total. The molecule has 114 valence electrons. The van der Waals surface area contributed by atoms with Gasteiger partial charge in [-0.05, 0) is 27.7 Å². The lowest BCUT2D eigenvalue weighted by Gasteiger charge is -2.37. The first kappa shape index (κ1) is 15.6. The molecule has 0 atom stereocenters. The Balaban J connectivity index is 2.53. The zero-order chi connectivity index (χ0) is 15.5. The van der Waals surface area contributed by atoms with E-state index in [1.807, 2.05) is 27.7 Å². The summed E-state index contributed by atoms with van der Waals surface area (Å²) >= 11 is 0. The van der Waals surface area contributed by atoms with E-state index in [4.69, 9.17) is 0 Å². The fourth-order valence-corrected chi connectivity index (χ4v) is 3.82. The summed E-state index contributed by atoms with van der Waals surface area (Å²) in [6, 6.07) is 0. The molecule has 1 aliphatic rings. The van der Waals surface area contributed by atoms with Crippen molar-refractivity contribution in [2.24, 2.45) is 0 Å². The molecule has 1 saturated heterocycles. The molecule has 2 heterocycles. The molecule has 0 unspecified atom stereocenters. The van der Waals surface area contributed by atoms with Crippen LogP contribution >= 0.6 is 0 Å². The van der Waals surface area contributed by atoms with E-state index in [1.54, 1.807) is 0 Å². The molecule has 0 saturated carbocycles. The Kier molecular flexibility index (Phi) is 3.38. The summed E-state index contributed by atoms with van der Waals surface area (Å²) in [5.74, 6) is 0. The van der Waals surface area contributed by atoms with Crippen molar-refractivity contribution in [2.45, 2.75) is 64.6 Å². The minimum absolute atomic E-state index is 0.604. The molecular formula is C12H25N5O2Si. The Hall–Kier alpha value is -0.803. The number of hydrogen-bond donors (Lipinski definition) is 3. The smallest absolute Gasteiger partial charge is 0.156 e. The SMILES string of the molecule is CC1(C)N(O)C(c2n[nH]nc2[Si](C)(C)C)N(O)C1(C)C. The molecule has 0 spiro atoms. The van der Waals surface area contributed by atoms with E-state index in [1.165, 1.54) is 10.1 Å². The summed E-state index contributed by atoms with van der Waals surface area (Å²) in [7, 11) is -1.73. The summed E-state index contributed by atoms with van der Waals surface area (Å²) in [6.07, 6.45) is -0.708. The van der Waals surface area contributed by atoms with Gasteiger partial charge >= 0.3 is 0 Å². The normalized spacial score (nSPS) is 24.4. The van der Waals surface area contributed by atoms with E-state index in [2.05, 4.69) is 35.1 Å². The van der Waals surface area contributed by atoms with E-state index in [9.17, 15) is 10.4 Å². The van der Waals surface area contributed by atoms with E-state index < -0.39 is 25.3 Å². The maximum absolute atomic E-state index is 10.6. The molecule has 0 bridgehead atoms. The fraction of sp³-hybridized carbons (Fsp3) is 0.833. The third kappa shape index (κ3) is 1.94. The van der Waals surface area contributed by atoms with Crippen molar-refractivity contribution in [3.8, 4) is 0 Å². The van der Waals surface area contributed by atoms with E-state index in [-0.39, 0.29) is 0 Å². The number of aromatic nitrogens is 3. The van der Waals surface area contributed by atoms with Crippen molar-refractivity contribution in [2.75, 3.05) is 0 Å². The van der Waals surface area contributed by atoms with E-state index in [0.29, 0.717) is 5.69 Å². The van der Waals surface area contributed by atoms with Crippen LogP contribution in [0, 0.1) is 0 Å². The first-order valence-electron chi connectivity index (χ1n) is 6.80. The molecule has 1 aromatic heterocycles. The average Bonchev–Trinajstić information content (AvgIpc) is 2.80. The van der Waals surface area contributed by atoms with Gasteiger partial charge in [0.05, 0.1) is 16.4 Å². The zero-order valence-corrected chi connectivity index (χ0v) is 14.3.